The van der Waals surface area contributed by atoms with Crippen LogP contribution in [-0.2, 0) is 11.2 Å². The molecule has 5 heteroatoms. The molecule has 1 atom stereocenters. The Morgan fingerprint density at radius 3 is 2.80 bits per heavy atom. The molecular formula is C15H18BrF2NO. The van der Waals surface area contributed by atoms with Crippen molar-refractivity contribution in [3.8, 4) is 0 Å². The van der Waals surface area contributed by atoms with E-state index in [1.165, 1.54) is 12.1 Å². The minimum absolute atomic E-state index is 0.0805. The van der Waals surface area contributed by atoms with E-state index >= 15 is 0 Å². The van der Waals surface area contributed by atoms with Gasteiger partial charge in [0.25, 0.3) is 0 Å². The quantitative estimate of drug-likeness (QED) is 0.844. The van der Waals surface area contributed by atoms with E-state index in [4.69, 9.17) is 0 Å². The second-order valence-corrected chi connectivity index (χ2v) is 6.19. The summed E-state index contributed by atoms with van der Waals surface area (Å²) in [5.74, 6) is -1.41. The Bertz CT molecular complexity index is 513. The number of halogens is 3. The highest BCUT2D eigenvalue weighted by Gasteiger charge is 2.38. The number of rotatable bonds is 4. The highest BCUT2D eigenvalue weighted by molar-refractivity contribution is 9.10. The Labute approximate surface area is 126 Å². The van der Waals surface area contributed by atoms with Crippen LogP contribution in [0.4, 0.5) is 8.78 Å². The third-order valence-electron chi connectivity index (χ3n) is 4.22. The van der Waals surface area contributed by atoms with Crippen molar-refractivity contribution in [3.63, 3.8) is 0 Å². The van der Waals surface area contributed by atoms with Gasteiger partial charge in [-0.2, -0.15) is 0 Å². The van der Waals surface area contributed by atoms with Crippen LogP contribution in [0.3, 0.4) is 0 Å². The van der Waals surface area contributed by atoms with Crippen LogP contribution in [0.25, 0.3) is 0 Å². The Morgan fingerprint density at radius 2 is 2.20 bits per heavy atom. The monoisotopic (exact) mass is 345 g/mol. The van der Waals surface area contributed by atoms with Crippen molar-refractivity contribution in [2.75, 3.05) is 13.1 Å². The molecule has 1 aliphatic heterocycles. The summed E-state index contributed by atoms with van der Waals surface area (Å²) >= 11 is 3.03. The van der Waals surface area contributed by atoms with Crippen molar-refractivity contribution >= 4 is 21.7 Å². The summed E-state index contributed by atoms with van der Waals surface area (Å²) in [6.45, 7) is 3.45. The molecule has 1 fully saturated rings. The summed E-state index contributed by atoms with van der Waals surface area (Å²) in [4.78, 5) is 12.5. The van der Waals surface area contributed by atoms with Gasteiger partial charge in [0.1, 0.15) is 17.4 Å². The molecule has 1 unspecified atom stereocenters. The van der Waals surface area contributed by atoms with Gasteiger partial charge in [0.15, 0.2) is 0 Å². The maximum absolute atomic E-state index is 14.0. The molecule has 0 aliphatic carbocycles. The molecule has 2 nitrogen and oxygen atoms in total. The number of carbonyl (C=O) groups is 1. The van der Waals surface area contributed by atoms with Crippen molar-refractivity contribution in [2.45, 2.75) is 32.6 Å². The lowest BCUT2D eigenvalue weighted by Gasteiger charge is -2.35. The van der Waals surface area contributed by atoms with E-state index in [0.29, 0.717) is 13.0 Å². The van der Waals surface area contributed by atoms with Crippen LogP contribution in [0.2, 0.25) is 0 Å². The zero-order valence-corrected chi connectivity index (χ0v) is 13.0. The van der Waals surface area contributed by atoms with Crippen molar-refractivity contribution in [2.24, 2.45) is 5.41 Å². The second kappa shape index (κ2) is 6.31. The van der Waals surface area contributed by atoms with E-state index in [1.54, 1.807) is 0 Å². The predicted molar refractivity (Wildman–Crippen MR) is 77.6 cm³/mol. The molecule has 0 radical (unpaired) electrons. The third-order valence-corrected chi connectivity index (χ3v) is 4.83. The minimum Gasteiger partial charge on any atom is -0.316 e. The first kappa shape index (κ1) is 15.6. The fourth-order valence-corrected chi connectivity index (χ4v) is 3.16. The fourth-order valence-electron chi connectivity index (χ4n) is 2.78. The second-order valence-electron chi connectivity index (χ2n) is 5.34. The van der Waals surface area contributed by atoms with Gasteiger partial charge < -0.3 is 5.32 Å². The minimum atomic E-state index is -0.673. The highest BCUT2D eigenvalue weighted by atomic mass is 79.9. The van der Waals surface area contributed by atoms with Gasteiger partial charge in [-0.05, 0) is 53.9 Å². The van der Waals surface area contributed by atoms with E-state index in [9.17, 15) is 13.6 Å². The summed E-state index contributed by atoms with van der Waals surface area (Å²) < 4.78 is 27.9. The van der Waals surface area contributed by atoms with E-state index in [1.807, 2.05) is 6.92 Å². The molecule has 1 aromatic carbocycles. The smallest absolute Gasteiger partial charge is 0.144 e. The molecular weight excluding hydrogens is 328 g/mol. The fraction of sp³-hybridized carbons (Fsp3) is 0.533. The molecule has 110 valence electrons. The van der Waals surface area contributed by atoms with Gasteiger partial charge in [-0.1, -0.05) is 6.92 Å². The Hall–Kier alpha value is -0.810. The van der Waals surface area contributed by atoms with Crippen molar-refractivity contribution in [1.82, 2.24) is 5.32 Å². The summed E-state index contributed by atoms with van der Waals surface area (Å²) in [7, 11) is 0. The van der Waals surface area contributed by atoms with Gasteiger partial charge in [0, 0.05) is 23.9 Å². The standard InChI is InChI=1S/C15H18BrF2NO/c1-2-15(6-3-7-19-9-15)13(20)8-10-12(17)5-4-11(16)14(10)18/h4-5,19H,2-3,6-9H2,1H3. The van der Waals surface area contributed by atoms with Crippen molar-refractivity contribution < 1.29 is 13.6 Å². The largest absolute Gasteiger partial charge is 0.316 e. The van der Waals surface area contributed by atoms with Gasteiger partial charge >= 0.3 is 0 Å². The number of hydrogen-bond donors (Lipinski definition) is 1. The van der Waals surface area contributed by atoms with Crippen LogP contribution in [0.1, 0.15) is 31.7 Å². The Kier molecular flexibility index (Phi) is 4.91. The molecule has 1 heterocycles. The first-order chi connectivity index (χ1) is 9.50. The first-order valence-electron chi connectivity index (χ1n) is 6.86. The molecule has 20 heavy (non-hydrogen) atoms. The average molecular weight is 346 g/mol. The molecule has 2 rings (SSSR count). The van der Waals surface area contributed by atoms with E-state index in [0.717, 1.165) is 19.4 Å². The van der Waals surface area contributed by atoms with Crippen LogP contribution in [-0.4, -0.2) is 18.9 Å². The van der Waals surface area contributed by atoms with Gasteiger partial charge in [0.2, 0.25) is 0 Å². The molecule has 0 aromatic heterocycles. The highest BCUT2D eigenvalue weighted by Crippen LogP contribution is 2.33. The average Bonchev–Trinajstić information content (AvgIpc) is 2.48. The van der Waals surface area contributed by atoms with Crippen LogP contribution < -0.4 is 5.32 Å². The summed E-state index contributed by atoms with van der Waals surface area (Å²) in [5, 5.41) is 3.22. The number of nitrogens with one attached hydrogen (secondary N) is 1. The third kappa shape index (κ3) is 2.93. The lowest BCUT2D eigenvalue weighted by atomic mass is 9.73. The maximum atomic E-state index is 14.0. The number of piperidine rings is 1. The van der Waals surface area contributed by atoms with Gasteiger partial charge in [-0.25, -0.2) is 8.78 Å². The molecule has 1 saturated heterocycles. The van der Waals surface area contributed by atoms with E-state index in [2.05, 4.69) is 21.2 Å². The maximum Gasteiger partial charge on any atom is 0.144 e. The van der Waals surface area contributed by atoms with Crippen molar-refractivity contribution in [3.05, 3.63) is 33.8 Å². The number of hydrogen-bond acceptors (Lipinski definition) is 2. The topological polar surface area (TPSA) is 29.1 Å². The normalized spacial score (nSPS) is 22.8. The van der Waals surface area contributed by atoms with Crippen LogP contribution >= 0.6 is 15.9 Å². The van der Waals surface area contributed by atoms with E-state index < -0.39 is 17.0 Å². The lowest BCUT2D eigenvalue weighted by molar-refractivity contribution is -0.129. The van der Waals surface area contributed by atoms with Gasteiger partial charge in [-0.3, -0.25) is 4.79 Å². The molecule has 1 aliphatic rings. The molecule has 1 aromatic rings. The number of ketones is 1. The zero-order valence-electron chi connectivity index (χ0n) is 11.4. The van der Waals surface area contributed by atoms with Crippen LogP contribution in [0.15, 0.2) is 16.6 Å². The summed E-state index contributed by atoms with van der Waals surface area (Å²) in [6.07, 6.45) is 2.21. The molecule has 0 amide bonds. The number of benzene rings is 1. The Balaban J connectivity index is 2.25. The zero-order chi connectivity index (χ0) is 14.8. The molecule has 0 spiro atoms. The van der Waals surface area contributed by atoms with Crippen molar-refractivity contribution in [1.29, 1.82) is 0 Å². The van der Waals surface area contributed by atoms with Crippen LogP contribution in [0.5, 0.6) is 0 Å². The molecule has 1 N–H and O–H groups in total. The summed E-state index contributed by atoms with van der Waals surface area (Å²) in [6, 6.07) is 2.50. The van der Waals surface area contributed by atoms with Crippen LogP contribution in [0, 0.1) is 17.0 Å². The van der Waals surface area contributed by atoms with E-state index in [-0.39, 0.29) is 22.2 Å². The number of Topliss-reactive ketones (excluding diaryl/α,β-unsaturated/α-hetero) is 1. The Morgan fingerprint density at radius 1 is 1.45 bits per heavy atom. The predicted octanol–water partition coefficient (Wildman–Crippen LogP) is 3.62. The number of carbonyl (C=O) groups excluding carboxylic acids is 1. The first-order valence-corrected chi connectivity index (χ1v) is 7.66. The van der Waals surface area contributed by atoms with Gasteiger partial charge in [-0.15, -0.1) is 0 Å². The molecule has 0 saturated carbocycles. The summed E-state index contributed by atoms with van der Waals surface area (Å²) in [5.41, 5.74) is -0.623. The SMILES string of the molecule is CCC1(C(=O)Cc2c(F)ccc(Br)c2F)CCCNC1. The lowest BCUT2D eigenvalue weighted by Crippen LogP contribution is -2.45. The molecule has 0 bridgehead atoms. The van der Waals surface area contributed by atoms with Gasteiger partial charge in [0.05, 0.1) is 4.47 Å².